The average molecular weight is 591 g/mol. The molecule has 43 heavy (non-hydrogen) atoms. The van der Waals surface area contributed by atoms with Crippen molar-refractivity contribution in [3.8, 4) is 5.75 Å². The molecule has 228 valence electrons. The van der Waals surface area contributed by atoms with E-state index in [4.69, 9.17) is 5.73 Å². The molecular formula is C32H38N4O7. The van der Waals surface area contributed by atoms with Crippen molar-refractivity contribution >= 4 is 33.9 Å². The normalized spacial score (nSPS) is 27.5. The van der Waals surface area contributed by atoms with E-state index in [9.17, 15) is 34.8 Å². The van der Waals surface area contributed by atoms with Gasteiger partial charge in [-0.15, -0.1) is 0 Å². The number of allylic oxidation sites excluding steroid dienone is 1. The number of nitrogens with two attached hydrogens (primary N) is 1. The number of anilines is 1. The fourth-order valence-electron chi connectivity index (χ4n) is 7.95. The smallest absolute Gasteiger partial charge is 0.255 e. The highest BCUT2D eigenvalue weighted by atomic mass is 16.3. The third kappa shape index (κ3) is 4.09. The largest absolute Gasteiger partial charge is 0.510 e. The Kier molecular flexibility index (Phi) is 6.83. The number of phenolic OH excluding ortho intramolecular Hbond substituents is 1. The zero-order valence-electron chi connectivity index (χ0n) is 24.8. The summed E-state index contributed by atoms with van der Waals surface area (Å²) >= 11 is 0. The summed E-state index contributed by atoms with van der Waals surface area (Å²) in [5.74, 6) is -6.53. The van der Waals surface area contributed by atoms with Crippen molar-refractivity contribution in [2.24, 2.45) is 17.6 Å². The highest BCUT2D eigenvalue weighted by molar-refractivity contribution is 6.25. The first-order valence-corrected chi connectivity index (χ1v) is 14.6. The lowest BCUT2D eigenvalue weighted by Gasteiger charge is -2.50. The van der Waals surface area contributed by atoms with E-state index < -0.39 is 58.0 Å². The molecule has 4 atom stereocenters. The maximum Gasteiger partial charge on any atom is 0.255 e. The monoisotopic (exact) mass is 590 g/mol. The van der Waals surface area contributed by atoms with Gasteiger partial charge in [0, 0.05) is 48.6 Å². The number of likely N-dealkylation sites (N-methyl/N-ethyl adjacent to an activating group) is 1. The summed E-state index contributed by atoms with van der Waals surface area (Å²) in [6.07, 6.45) is 2.58. The Morgan fingerprint density at radius 3 is 2.35 bits per heavy atom. The van der Waals surface area contributed by atoms with E-state index in [0.29, 0.717) is 10.9 Å². The molecule has 11 heteroatoms. The lowest BCUT2D eigenvalue weighted by atomic mass is 9.58. The third-order valence-electron chi connectivity index (χ3n) is 9.79. The molecule has 0 radical (unpaired) electrons. The van der Waals surface area contributed by atoms with E-state index in [1.807, 2.05) is 37.2 Å². The number of Topliss-reactive ketones (excluding diaryl/α,β-unsaturated/α-hetero) is 2. The van der Waals surface area contributed by atoms with Crippen molar-refractivity contribution in [1.29, 1.82) is 0 Å². The zero-order valence-corrected chi connectivity index (χ0v) is 24.8. The van der Waals surface area contributed by atoms with Crippen LogP contribution in [0.4, 0.5) is 5.69 Å². The van der Waals surface area contributed by atoms with Gasteiger partial charge in [-0.1, -0.05) is 12.1 Å². The molecule has 2 aromatic carbocycles. The molecule has 0 spiro atoms. The Hall–Kier alpha value is -3.93. The van der Waals surface area contributed by atoms with Crippen molar-refractivity contribution in [2.75, 3.05) is 46.2 Å². The molecule has 0 bridgehead atoms. The number of primary amides is 1. The van der Waals surface area contributed by atoms with Crippen LogP contribution < -0.4 is 10.6 Å². The summed E-state index contributed by atoms with van der Waals surface area (Å²) in [7, 11) is 6.96. The molecule has 4 aliphatic rings. The van der Waals surface area contributed by atoms with Gasteiger partial charge in [-0.05, 0) is 76.0 Å². The van der Waals surface area contributed by atoms with E-state index in [-0.39, 0.29) is 29.7 Å². The second-order valence-electron chi connectivity index (χ2n) is 12.8. The first kappa shape index (κ1) is 29.2. The van der Waals surface area contributed by atoms with E-state index in [2.05, 4.69) is 4.90 Å². The number of likely N-dealkylation sites (tertiary alicyclic amines) is 1. The van der Waals surface area contributed by atoms with Gasteiger partial charge >= 0.3 is 0 Å². The average Bonchev–Trinajstić information content (AvgIpc) is 3.43. The number of amides is 1. The molecule has 6 rings (SSSR count). The lowest BCUT2D eigenvalue weighted by molar-refractivity contribution is -0.148. The van der Waals surface area contributed by atoms with E-state index in [1.54, 1.807) is 19.0 Å². The first-order chi connectivity index (χ1) is 20.3. The van der Waals surface area contributed by atoms with Gasteiger partial charge in [-0.2, -0.15) is 0 Å². The number of benzene rings is 2. The van der Waals surface area contributed by atoms with Crippen LogP contribution in [0.15, 0.2) is 40.9 Å². The van der Waals surface area contributed by atoms with Crippen LogP contribution in [0.3, 0.4) is 0 Å². The van der Waals surface area contributed by atoms with Crippen molar-refractivity contribution in [2.45, 2.75) is 43.9 Å². The van der Waals surface area contributed by atoms with E-state index in [1.165, 1.54) is 0 Å². The van der Waals surface area contributed by atoms with E-state index >= 15 is 0 Å². The molecule has 1 heterocycles. The fraction of sp³-hybridized carbons (Fsp3) is 0.469. The van der Waals surface area contributed by atoms with Crippen LogP contribution >= 0.6 is 0 Å². The van der Waals surface area contributed by atoms with Crippen LogP contribution in [0.2, 0.25) is 0 Å². The summed E-state index contributed by atoms with van der Waals surface area (Å²) in [5.41, 5.74) is 4.19. The molecule has 6 N–H and O–H groups in total. The number of fused-ring (bicyclic) bond motifs is 4. The summed E-state index contributed by atoms with van der Waals surface area (Å²) in [6, 6.07) is 4.88. The van der Waals surface area contributed by atoms with Crippen molar-refractivity contribution in [1.82, 2.24) is 9.80 Å². The van der Waals surface area contributed by atoms with Crippen LogP contribution in [-0.2, 0) is 22.6 Å². The van der Waals surface area contributed by atoms with Gasteiger partial charge in [-0.25, -0.2) is 0 Å². The van der Waals surface area contributed by atoms with Crippen LogP contribution in [-0.4, -0.2) is 101 Å². The van der Waals surface area contributed by atoms with Crippen molar-refractivity contribution in [3.05, 3.63) is 57.6 Å². The summed E-state index contributed by atoms with van der Waals surface area (Å²) < 4.78 is 0. The number of phenols is 1. The Morgan fingerprint density at radius 1 is 1.07 bits per heavy atom. The maximum atomic E-state index is 14.3. The molecule has 1 saturated heterocycles. The van der Waals surface area contributed by atoms with Crippen molar-refractivity contribution in [3.63, 3.8) is 0 Å². The minimum atomic E-state index is -2.66. The molecular weight excluding hydrogens is 552 g/mol. The van der Waals surface area contributed by atoms with E-state index in [0.717, 1.165) is 49.1 Å². The number of aliphatic hydroxyl groups is 3. The van der Waals surface area contributed by atoms with Gasteiger partial charge < -0.3 is 31.1 Å². The minimum Gasteiger partial charge on any atom is -0.510 e. The number of hydrogen-bond acceptors (Lipinski definition) is 10. The molecule has 1 aliphatic heterocycles. The highest BCUT2D eigenvalue weighted by Gasteiger charge is 2.63. The molecule has 0 aromatic heterocycles. The SMILES string of the molecule is CN(C)c1c2c(c(O)c3cc(CN4CCCC4)ccc13)C(=O)C1=C(O)[C@]3(O)C(=O)C(C(N)=O)=C(O)[C@@H](N(C)C)[C@@H]3C[C@@H]1C2. The van der Waals surface area contributed by atoms with Gasteiger partial charge in [0.15, 0.2) is 11.4 Å². The summed E-state index contributed by atoms with van der Waals surface area (Å²) in [6.45, 7) is 2.73. The number of ketones is 2. The molecule has 1 amide bonds. The third-order valence-corrected chi connectivity index (χ3v) is 9.79. The van der Waals surface area contributed by atoms with Gasteiger partial charge in [0.05, 0.1) is 11.6 Å². The molecule has 3 aliphatic carbocycles. The molecule has 1 fully saturated rings. The van der Waals surface area contributed by atoms with Gasteiger partial charge in [0.2, 0.25) is 5.78 Å². The predicted octanol–water partition coefficient (Wildman–Crippen LogP) is 1.94. The molecule has 11 nitrogen and oxygen atoms in total. The predicted molar refractivity (Wildman–Crippen MR) is 160 cm³/mol. The number of hydrogen-bond donors (Lipinski definition) is 5. The summed E-state index contributed by atoms with van der Waals surface area (Å²) in [5, 5.41) is 47.4. The van der Waals surface area contributed by atoms with Gasteiger partial charge in [-0.3, -0.25) is 24.2 Å². The van der Waals surface area contributed by atoms with Crippen molar-refractivity contribution < 1.29 is 34.8 Å². The lowest BCUT2D eigenvalue weighted by Crippen LogP contribution is -2.63. The first-order valence-electron chi connectivity index (χ1n) is 14.6. The number of carbonyl (C=O) groups is 3. The Labute approximate surface area is 249 Å². The molecule has 0 saturated carbocycles. The second-order valence-corrected chi connectivity index (χ2v) is 12.8. The number of nitrogens with zero attached hydrogens (tertiary/aromatic N) is 3. The number of carbonyl (C=O) groups excluding carboxylic acids is 3. The molecule has 0 unspecified atom stereocenters. The summed E-state index contributed by atoms with van der Waals surface area (Å²) in [4.78, 5) is 45.9. The standard InChI is InChI=1S/C32H38N4O7/c1-34(2)24-17-8-7-15(14-36-9-5-6-10-36)11-18(17)26(37)22-19(24)12-16-13-20-25(35(3)4)28(39)23(31(33)42)30(41)32(20,43)29(40)21(16)27(22)38/h7-8,11,16,20,25,37,39-40,43H,5-6,9-10,12-14H2,1-4H3,(H2,33,42)/t16-,20-,25-,32-/m0/s1. The Bertz CT molecular complexity index is 1650. The highest BCUT2D eigenvalue weighted by Crippen LogP contribution is 2.54. The minimum absolute atomic E-state index is 0.0234. The van der Waals surface area contributed by atoms with Crippen LogP contribution in [0, 0.1) is 11.8 Å². The van der Waals surface area contributed by atoms with Crippen LogP contribution in [0.1, 0.15) is 40.7 Å². The topological polar surface area (TPSA) is 168 Å². The number of aromatic hydroxyl groups is 1. The Morgan fingerprint density at radius 2 is 1.74 bits per heavy atom. The zero-order chi connectivity index (χ0) is 31.1. The number of rotatable bonds is 5. The number of aliphatic hydroxyl groups excluding tert-OH is 2. The van der Waals surface area contributed by atoms with Crippen LogP contribution in [0.25, 0.3) is 10.8 Å². The van der Waals surface area contributed by atoms with Crippen LogP contribution in [0.5, 0.6) is 5.75 Å². The quantitative estimate of drug-likeness (QED) is 0.325. The van der Waals surface area contributed by atoms with Gasteiger partial charge in [0.25, 0.3) is 5.91 Å². The Balaban J connectivity index is 1.55. The second kappa shape index (κ2) is 10.1. The maximum absolute atomic E-state index is 14.3. The fourth-order valence-corrected chi connectivity index (χ4v) is 7.95. The molecule has 2 aromatic rings. The van der Waals surface area contributed by atoms with Gasteiger partial charge in [0.1, 0.15) is 22.8 Å².